The number of hydrogen-bond donors (Lipinski definition) is 2. The molecule has 192 valence electrons. The molecule has 0 spiro atoms. The van der Waals surface area contributed by atoms with Crippen LogP contribution in [0.25, 0.3) is 22.4 Å². The first kappa shape index (κ1) is 25.0. The predicted octanol–water partition coefficient (Wildman–Crippen LogP) is 3.40. The van der Waals surface area contributed by atoms with Gasteiger partial charge >= 0.3 is 0 Å². The summed E-state index contributed by atoms with van der Waals surface area (Å²) in [6.45, 7) is 0.129. The highest BCUT2D eigenvalue weighted by atomic mass is 19.1. The number of aliphatic hydroxyl groups is 1. The zero-order valence-electron chi connectivity index (χ0n) is 20.6. The standard InChI is InChI=1S/C28H25FN6O3/c1-30-28(37)21-15-31-11-10-18(21)14-23-25(38-13-12-36)16-32-27(33-23)26-20-7-3-5-9-24(20)35(34-26)17-19-6-2-4-8-22(19)29/h2-11,15-16,36H,12-14,17H2,1H3,(H,30,37). The first-order chi connectivity index (χ1) is 18.6. The molecule has 0 atom stereocenters. The number of carbonyl (C=O) groups is 1. The van der Waals surface area contributed by atoms with Gasteiger partial charge in [0.2, 0.25) is 0 Å². The third-order valence-electron chi connectivity index (χ3n) is 6.07. The van der Waals surface area contributed by atoms with Gasteiger partial charge in [0.25, 0.3) is 5.91 Å². The average Bonchev–Trinajstić information content (AvgIpc) is 3.32. The first-order valence-electron chi connectivity index (χ1n) is 12.0. The Morgan fingerprint density at radius 2 is 1.89 bits per heavy atom. The summed E-state index contributed by atoms with van der Waals surface area (Å²) in [4.78, 5) is 25.8. The summed E-state index contributed by atoms with van der Waals surface area (Å²) in [5.74, 6) is 0.174. The fraction of sp³-hybridized carbons (Fsp3) is 0.179. The van der Waals surface area contributed by atoms with Crippen molar-refractivity contribution < 1.29 is 19.0 Å². The number of nitrogens with one attached hydrogen (secondary N) is 1. The predicted molar refractivity (Wildman–Crippen MR) is 139 cm³/mol. The molecule has 0 fully saturated rings. The summed E-state index contributed by atoms with van der Waals surface area (Å²) < 4.78 is 21.8. The number of para-hydroxylation sites is 1. The molecular weight excluding hydrogens is 487 g/mol. The topological polar surface area (TPSA) is 115 Å². The van der Waals surface area contributed by atoms with Crippen LogP contribution in [0.15, 0.2) is 73.2 Å². The number of pyridine rings is 1. The number of amides is 1. The van der Waals surface area contributed by atoms with Crippen molar-refractivity contribution >= 4 is 16.8 Å². The largest absolute Gasteiger partial charge is 0.488 e. The van der Waals surface area contributed by atoms with E-state index in [4.69, 9.17) is 14.8 Å². The van der Waals surface area contributed by atoms with Crippen LogP contribution in [0.3, 0.4) is 0 Å². The fourth-order valence-corrected chi connectivity index (χ4v) is 4.22. The van der Waals surface area contributed by atoms with Gasteiger partial charge in [0, 0.05) is 36.8 Å². The van der Waals surface area contributed by atoms with Gasteiger partial charge in [-0.1, -0.05) is 36.4 Å². The quantitative estimate of drug-likeness (QED) is 0.311. The number of benzene rings is 2. The third-order valence-corrected chi connectivity index (χ3v) is 6.07. The van der Waals surface area contributed by atoms with Crippen LogP contribution >= 0.6 is 0 Å². The maximum Gasteiger partial charge on any atom is 0.252 e. The van der Waals surface area contributed by atoms with Crippen LogP contribution in [-0.2, 0) is 13.0 Å². The fourth-order valence-electron chi connectivity index (χ4n) is 4.22. The maximum absolute atomic E-state index is 14.4. The number of ether oxygens (including phenoxy) is 1. The number of aliphatic hydroxyl groups excluding tert-OH is 1. The molecule has 5 rings (SSSR count). The summed E-state index contributed by atoms with van der Waals surface area (Å²) in [5, 5.41) is 17.5. The lowest BCUT2D eigenvalue weighted by Crippen LogP contribution is -2.20. The van der Waals surface area contributed by atoms with Gasteiger partial charge in [-0.05, 0) is 23.8 Å². The lowest BCUT2D eigenvalue weighted by atomic mass is 10.0. The summed E-state index contributed by atoms with van der Waals surface area (Å²) in [6.07, 6.45) is 4.91. The van der Waals surface area contributed by atoms with Gasteiger partial charge in [-0.15, -0.1) is 0 Å². The zero-order valence-corrected chi connectivity index (χ0v) is 20.6. The van der Waals surface area contributed by atoms with Gasteiger partial charge in [-0.3, -0.25) is 14.5 Å². The molecule has 0 radical (unpaired) electrons. The van der Waals surface area contributed by atoms with Crippen LogP contribution in [0, 0.1) is 5.82 Å². The highest BCUT2D eigenvalue weighted by Crippen LogP contribution is 2.29. The van der Waals surface area contributed by atoms with Crippen molar-refractivity contribution in [2.45, 2.75) is 13.0 Å². The second-order valence-electron chi connectivity index (χ2n) is 8.48. The van der Waals surface area contributed by atoms with Gasteiger partial charge in [-0.25, -0.2) is 14.4 Å². The van der Waals surface area contributed by atoms with Crippen LogP contribution in [0.2, 0.25) is 0 Å². The molecule has 5 aromatic rings. The number of rotatable bonds is 9. The Labute approximate surface area is 218 Å². The van der Waals surface area contributed by atoms with Gasteiger partial charge in [0.1, 0.15) is 18.1 Å². The van der Waals surface area contributed by atoms with Crippen LogP contribution < -0.4 is 10.1 Å². The van der Waals surface area contributed by atoms with E-state index in [0.717, 1.165) is 10.9 Å². The summed E-state index contributed by atoms with van der Waals surface area (Å²) in [5.41, 5.74) is 3.50. The van der Waals surface area contributed by atoms with E-state index < -0.39 is 0 Å². The minimum Gasteiger partial charge on any atom is -0.488 e. The molecule has 3 aromatic heterocycles. The molecule has 0 aliphatic carbocycles. The van der Waals surface area contributed by atoms with E-state index in [1.807, 2.05) is 24.3 Å². The minimum absolute atomic E-state index is 0.0640. The second kappa shape index (κ2) is 11.1. The average molecular weight is 513 g/mol. The number of aromatic nitrogens is 5. The zero-order chi connectivity index (χ0) is 26.5. The van der Waals surface area contributed by atoms with Crippen molar-refractivity contribution in [3.05, 3.63) is 101 Å². The normalized spacial score (nSPS) is 11.0. The van der Waals surface area contributed by atoms with E-state index >= 15 is 0 Å². The van der Waals surface area contributed by atoms with Crippen LogP contribution in [0.1, 0.15) is 27.2 Å². The molecule has 0 bridgehead atoms. The van der Waals surface area contributed by atoms with Gasteiger partial charge < -0.3 is 15.2 Å². The van der Waals surface area contributed by atoms with Crippen molar-refractivity contribution in [1.82, 2.24) is 30.0 Å². The van der Waals surface area contributed by atoms with E-state index in [9.17, 15) is 14.3 Å². The van der Waals surface area contributed by atoms with Crippen LogP contribution in [0.5, 0.6) is 5.75 Å². The second-order valence-corrected chi connectivity index (χ2v) is 8.48. The number of nitrogens with zero attached hydrogens (tertiary/aromatic N) is 5. The van der Waals surface area contributed by atoms with Crippen molar-refractivity contribution in [3.63, 3.8) is 0 Å². The molecule has 3 heterocycles. The first-order valence-corrected chi connectivity index (χ1v) is 12.0. The molecular formula is C28H25FN6O3. The highest BCUT2D eigenvalue weighted by Gasteiger charge is 2.19. The molecule has 0 unspecified atom stereocenters. The molecule has 10 heteroatoms. The Morgan fingerprint density at radius 3 is 2.71 bits per heavy atom. The van der Waals surface area contributed by atoms with Crippen molar-refractivity contribution in [2.75, 3.05) is 20.3 Å². The van der Waals surface area contributed by atoms with Gasteiger partial charge in [0.05, 0.1) is 36.1 Å². The minimum atomic E-state index is -0.304. The highest BCUT2D eigenvalue weighted by molar-refractivity contribution is 5.95. The Bertz CT molecular complexity index is 1600. The van der Waals surface area contributed by atoms with Crippen molar-refractivity contribution in [1.29, 1.82) is 0 Å². The Balaban J connectivity index is 1.59. The SMILES string of the molecule is CNC(=O)c1cnccc1Cc1nc(-c2nn(Cc3ccccc3F)c3ccccc23)ncc1OCCO. The lowest BCUT2D eigenvalue weighted by molar-refractivity contribution is 0.0962. The van der Waals surface area contributed by atoms with E-state index in [1.165, 1.54) is 12.3 Å². The summed E-state index contributed by atoms with van der Waals surface area (Å²) in [7, 11) is 1.56. The van der Waals surface area contributed by atoms with Gasteiger partial charge in [0.15, 0.2) is 11.6 Å². The molecule has 0 aliphatic rings. The molecule has 1 amide bonds. The van der Waals surface area contributed by atoms with E-state index in [0.29, 0.717) is 39.7 Å². The van der Waals surface area contributed by atoms with E-state index in [2.05, 4.69) is 15.3 Å². The van der Waals surface area contributed by atoms with Crippen molar-refractivity contribution in [2.24, 2.45) is 0 Å². The van der Waals surface area contributed by atoms with E-state index in [-0.39, 0.29) is 37.9 Å². The molecule has 2 aromatic carbocycles. The monoisotopic (exact) mass is 512 g/mol. The Kier molecular flexibility index (Phi) is 7.32. The molecule has 0 saturated heterocycles. The Morgan fingerprint density at radius 1 is 1.08 bits per heavy atom. The smallest absolute Gasteiger partial charge is 0.252 e. The lowest BCUT2D eigenvalue weighted by Gasteiger charge is -2.12. The number of hydrogen-bond acceptors (Lipinski definition) is 7. The molecule has 38 heavy (non-hydrogen) atoms. The van der Waals surface area contributed by atoms with Crippen LogP contribution in [0.4, 0.5) is 4.39 Å². The van der Waals surface area contributed by atoms with Crippen molar-refractivity contribution in [3.8, 4) is 17.3 Å². The maximum atomic E-state index is 14.4. The van der Waals surface area contributed by atoms with Gasteiger partial charge in [-0.2, -0.15) is 5.10 Å². The molecule has 0 saturated carbocycles. The number of fused-ring (bicyclic) bond motifs is 1. The Hall–Kier alpha value is -4.70. The van der Waals surface area contributed by atoms with Crippen LogP contribution in [-0.4, -0.2) is 56.0 Å². The molecule has 0 aliphatic heterocycles. The molecule has 9 nitrogen and oxygen atoms in total. The number of carbonyl (C=O) groups excluding carboxylic acids is 1. The third kappa shape index (κ3) is 5.07. The summed E-state index contributed by atoms with van der Waals surface area (Å²) >= 11 is 0. The number of halogens is 1. The van der Waals surface area contributed by atoms with E-state index in [1.54, 1.807) is 48.4 Å². The molecule has 2 N–H and O–H groups in total. The summed E-state index contributed by atoms with van der Waals surface area (Å²) in [6, 6.07) is 16.0.